The zero-order valence-electron chi connectivity index (χ0n) is 14.0. The topological polar surface area (TPSA) is 49.4 Å². The van der Waals surface area contributed by atoms with E-state index < -0.39 is 5.82 Å². The van der Waals surface area contributed by atoms with Gasteiger partial charge in [0.15, 0.2) is 0 Å². The lowest BCUT2D eigenvalue weighted by Crippen LogP contribution is -2.51. The molecule has 1 N–H and O–H groups in total. The van der Waals surface area contributed by atoms with Gasteiger partial charge in [0.1, 0.15) is 5.82 Å². The van der Waals surface area contributed by atoms with Crippen LogP contribution in [-0.4, -0.2) is 35.3 Å². The first-order valence-corrected chi connectivity index (χ1v) is 9.02. The lowest BCUT2D eigenvalue weighted by atomic mass is 10.0. The van der Waals surface area contributed by atoms with Crippen molar-refractivity contribution in [3.63, 3.8) is 0 Å². The summed E-state index contributed by atoms with van der Waals surface area (Å²) in [6.07, 6.45) is 1.75. The average molecular weight is 373 g/mol. The highest BCUT2D eigenvalue weighted by Gasteiger charge is 2.47. The number of piperidine rings is 1. The van der Waals surface area contributed by atoms with Crippen molar-refractivity contribution in [2.45, 2.75) is 24.9 Å². The summed E-state index contributed by atoms with van der Waals surface area (Å²) in [5.74, 6) is -0.460. The van der Waals surface area contributed by atoms with E-state index in [9.17, 15) is 14.0 Å². The maximum Gasteiger partial charge on any atom is 0.254 e. The number of rotatable bonds is 3. The second-order valence-corrected chi connectivity index (χ2v) is 7.34. The van der Waals surface area contributed by atoms with E-state index in [0.29, 0.717) is 23.6 Å². The molecule has 1 saturated carbocycles. The van der Waals surface area contributed by atoms with E-state index in [1.807, 2.05) is 18.2 Å². The van der Waals surface area contributed by atoms with Crippen molar-refractivity contribution in [3.05, 3.63) is 70.5 Å². The molecule has 2 aromatic rings. The van der Waals surface area contributed by atoms with Crippen molar-refractivity contribution < 1.29 is 14.0 Å². The molecule has 2 amide bonds. The Kier molecular flexibility index (Phi) is 4.41. The first-order chi connectivity index (χ1) is 12.5. The lowest BCUT2D eigenvalue weighted by molar-refractivity contribution is 0.0648. The number of hydrogen-bond acceptors (Lipinski definition) is 2. The molecule has 4 nitrogen and oxygen atoms in total. The number of likely N-dealkylation sites (tertiary alicyclic amines) is 1. The normalized spacial score (nSPS) is 23.9. The number of carbonyl (C=O) groups excluding carboxylic acids is 2. The van der Waals surface area contributed by atoms with Gasteiger partial charge in [-0.05, 0) is 49.1 Å². The first-order valence-electron chi connectivity index (χ1n) is 8.65. The van der Waals surface area contributed by atoms with Gasteiger partial charge >= 0.3 is 0 Å². The number of carbonyl (C=O) groups is 2. The molecule has 6 heteroatoms. The molecular formula is C20H18ClFN2O2. The van der Waals surface area contributed by atoms with Gasteiger partial charge in [-0.15, -0.1) is 0 Å². The molecule has 1 saturated heterocycles. The minimum atomic E-state index is -0.542. The van der Waals surface area contributed by atoms with Crippen LogP contribution >= 0.6 is 11.6 Å². The standard InChI is InChI=1S/C20H18ClFN2O2/c21-15-10-14(6-7-16(15)22)20(26)24-11-12-8-17(18(24)9-12)23-19(25)13-4-2-1-3-5-13/h1-7,10,12,17-18H,8-9,11H2,(H,23,25). The van der Waals surface area contributed by atoms with Gasteiger partial charge in [-0.2, -0.15) is 0 Å². The van der Waals surface area contributed by atoms with Crippen LogP contribution < -0.4 is 5.32 Å². The Hall–Kier alpha value is -2.40. The second kappa shape index (κ2) is 6.72. The van der Waals surface area contributed by atoms with Crippen LogP contribution in [0.1, 0.15) is 33.6 Å². The Morgan fingerprint density at radius 1 is 1.08 bits per heavy atom. The van der Waals surface area contributed by atoms with E-state index in [0.717, 1.165) is 12.8 Å². The van der Waals surface area contributed by atoms with Crippen molar-refractivity contribution >= 4 is 23.4 Å². The van der Waals surface area contributed by atoms with Crippen LogP contribution in [0.3, 0.4) is 0 Å². The van der Waals surface area contributed by atoms with Crippen LogP contribution in [0.2, 0.25) is 5.02 Å². The van der Waals surface area contributed by atoms with Crippen molar-refractivity contribution in [1.82, 2.24) is 10.2 Å². The first kappa shape index (κ1) is 17.0. The Bertz CT molecular complexity index is 858. The molecule has 134 valence electrons. The molecule has 0 radical (unpaired) electrons. The third-order valence-corrected chi connectivity index (χ3v) is 5.55. The van der Waals surface area contributed by atoms with E-state index in [1.54, 1.807) is 17.0 Å². The number of halogens is 2. The number of nitrogens with zero attached hydrogens (tertiary/aromatic N) is 1. The minimum absolute atomic E-state index is 0.0380. The molecule has 1 aliphatic carbocycles. The van der Waals surface area contributed by atoms with Crippen LogP contribution in [-0.2, 0) is 0 Å². The van der Waals surface area contributed by atoms with Crippen LogP contribution in [0, 0.1) is 11.7 Å². The van der Waals surface area contributed by atoms with Gasteiger partial charge in [0, 0.05) is 23.7 Å². The lowest BCUT2D eigenvalue weighted by Gasteiger charge is -2.34. The number of benzene rings is 2. The molecule has 2 aromatic carbocycles. The van der Waals surface area contributed by atoms with Gasteiger partial charge in [0.05, 0.1) is 11.1 Å². The molecule has 4 rings (SSSR count). The molecule has 2 aliphatic rings. The zero-order valence-corrected chi connectivity index (χ0v) is 14.7. The summed E-state index contributed by atoms with van der Waals surface area (Å²) in [7, 11) is 0. The Morgan fingerprint density at radius 2 is 1.85 bits per heavy atom. The number of nitrogens with one attached hydrogen (secondary N) is 1. The molecule has 0 aromatic heterocycles. The fraction of sp³-hybridized carbons (Fsp3) is 0.300. The number of fused-ring (bicyclic) bond motifs is 2. The van der Waals surface area contributed by atoms with Gasteiger partial charge in [0.2, 0.25) is 0 Å². The molecule has 3 atom stereocenters. The largest absolute Gasteiger partial charge is 0.347 e. The third-order valence-electron chi connectivity index (χ3n) is 5.26. The molecule has 3 unspecified atom stereocenters. The highest BCUT2D eigenvalue weighted by Crippen LogP contribution is 2.39. The summed E-state index contributed by atoms with van der Waals surface area (Å²) in [6.45, 7) is 0.663. The molecule has 0 spiro atoms. The Balaban J connectivity index is 1.49. The van der Waals surface area contributed by atoms with E-state index in [-0.39, 0.29) is 28.9 Å². The minimum Gasteiger partial charge on any atom is -0.347 e. The molecule has 1 aliphatic heterocycles. The highest BCUT2D eigenvalue weighted by molar-refractivity contribution is 6.31. The van der Waals surface area contributed by atoms with Gasteiger partial charge < -0.3 is 10.2 Å². The third kappa shape index (κ3) is 3.07. The maximum absolute atomic E-state index is 13.4. The van der Waals surface area contributed by atoms with Gasteiger partial charge in [-0.25, -0.2) is 4.39 Å². The predicted molar refractivity (Wildman–Crippen MR) is 96.7 cm³/mol. The van der Waals surface area contributed by atoms with Crippen LogP contribution in [0.15, 0.2) is 48.5 Å². The molecule has 1 heterocycles. The molecule has 26 heavy (non-hydrogen) atoms. The molecule has 2 fully saturated rings. The monoisotopic (exact) mass is 372 g/mol. The van der Waals surface area contributed by atoms with Crippen molar-refractivity contribution in [2.75, 3.05) is 6.54 Å². The zero-order chi connectivity index (χ0) is 18.3. The smallest absolute Gasteiger partial charge is 0.254 e. The second-order valence-electron chi connectivity index (χ2n) is 6.94. The average Bonchev–Trinajstić information content (AvgIpc) is 3.24. The highest BCUT2D eigenvalue weighted by atomic mass is 35.5. The van der Waals surface area contributed by atoms with E-state index in [4.69, 9.17) is 11.6 Å². The fourth-order valence-electron chi connectivity index (χ4n) is 4.05. The van der Waals surface area contributed by atoms with Crippen molar-refractivity contribution in [1.29, 1.82) is 0 Å². The SMILES string of the molecule is O=C(NC1CC2CC1N(C(=O)c1ccc(F)c(Cl)c1)C2)c1ccccc1. The van der Waals surface area contributed by atoms with Gasteiger partial charge in [-0.1, -0.05) is 29.8 Å². The summed E-state index contributed by atoms with van der Waals surface area (Å²) in [6, 6.07) is 13.0. The molecule has 2 bridgehead atoms. The quantitative estimate of drug-likeness (QED) is 0.896. The summed E-state index contributed by atoms with van der Waals surface area (Å²) in [5.41, 5.74) is 0.982. The van der Waals surface area contributed by atoms with E-state index in [1.165, 1.54) is 18.2 Å². The summed E-state index contributed by atoms with van der Waals surface area (Å²) in [4.78, 5) is 27.1. The van der Waals surface area contributed by atoms with E-state index >= 15 is 0 Å². The van der Waals surface area contributed by atoms with Crippen LogP contribution in [0.25, 0.3) is 0 Å². The van der Waals surface area contributed by atoms with E-state index in [2.05, 4.69) is 5.32 Å². The maximum atomic E-state index is 13.4. The number of hydrogen-bond donors (Lipinski definition) is 1. The fourth-order valence-corrected chi connectivity index (χ4v) is 4.23. The van der Waals surface area contributed by atoms with Crippen LogP contribution in [0.4, 0.5) is 4.39 Å². The van der Waals surface area contributed by atoms with Crippen molar-refractivity contribution in [3.8, 4) is 0 Å². The molecular weight excluding hydrogens is 355 g/mol. The van der Waals surface area contributed by atoms with Crippen molar-refractivity contribution in [2.24, 2.45) is 5.92 Å². The Morgan fingerprint density at radius 3 is 2.54 bits per heavy atom. The predicted octanol–water partition coefficient (Wildman–Crippen LogP) is 3.51. The summed E-state index contributed by atoms with van der Waals surface area (Å²) < 4.78 is 13.4. The van der Waals surface area contributed by atoms with Gasteiger partial charge in [-0.3, -0.25) is 9.59 Å². The Labute approximate surface area is 155 Å². The number of amides is 2. The summed E-state index contributed by atoms with van der Waals surface area (Å²) >= 11 is 5.81. The van der Waals surface area contributed by atoms with Crippen LogP contribution in [0.5, 0.6) is 0 Å². The summed E-state index contributed by atoms with van der Waals surface area (Å²) in [5, 5.41) is 3.00. The van der Waals surface area contributed by atoms with Gasteiger partial charge in [0.25, 0.3) is 11.8 Å².